The number of carbonyl (C=O) groups excluding carboxylic acids is 1. The molecule has 0 aromatic heterocycles. The van der Waals surface area contributed by atoms with E-state index < -0.39 is 31.7 Å². The number of hydrogen-bond acceptors (Lipinski definition) is 12. The second-order valence-corrected chi connectivity index (χ2v) is 13.9. The summed E-state index contributed by atoms with van der Waals surface area (Å²) in [7, 11) is -7.33. The molecule has 0 heterocycles. The summed E-state index contributed by atoms with van der Waals surface area (Å²) in [6.45, 7) is 0.443. The number of esters is 1. The maximum absolute atomic E-state index is 12.1. The van der Waals surface area contributed by atoms with Crippen LogP contribution in [-0.2, 0) is 36.4 Å². The van der Waals surface area contributed by atoms with Gasteiger partial charge in [0.15, 0.2) is 0 Å². The minimum atomic E-state index is -4.41. The molecule has 0 radical (unpaired) electrons. The van der Waals surface area contributed by atoms with E-state index in [1.54, 1.807) is 18.2 Å². The number of carbonyl (C=O) groups is 1. The van der Waals surface area contributed by atoms with Gasteiger partial charge >= 0.3 is 65.1 Å². The summed E-state index contributed by atoms with van der Waals surface area (Å²) < 4.78 is 93.7. The summed E-state index contributed by atoms with van der Waals surface area (Å²) >= 11 is 0. The van der Waals surface area contributed by atoms with Gasteiger partial charge in [-0.15, -0.1) is 6.42 Å². The molecule has 3 rings (SSSR count). The standard InChI is InChI=1S/C36H40O12S2.2Na/c1-3-29-25-34(44-2)31(26-35(29)47-19-9-5-8-14-36(37)48-27-28-12-6-4-7-13-28)16-15-30-24-32(45-20-10-22-49(38,39)40)17-18-33(30)46-21-11-23-50(41,42)43;;/h1,4,6-7,12-13,17-18,24-26H,5,8-11,14,19-23,27H2,2H3,(H,38,39,40)(H,41,42,43);;/q;2*+1/p-2. The maximum Gasteiger partial charge on any atom is 1.00 e. The fraction of sp³-hybridized carbons (Fsp3) is 0.361. The monoisotopic (exact) mass is 772 g/mol. The molecule has 0 saturated carbocycles. The van der Waals surface area contributed by atoms with Gasteiger partial charge in [0.25, 0.3) is 0 Å². The van der Waals surface area contributed by atoms with Crippen molar-refractivity contribution < 1.29 is 114 Å². The molecule has 0 aliphatic carbocycles. The molecule has 0 N–H and O–H groups in total. The predicted octanol–water partition coefficient (Wildman–Crippen LogP) is -1.60. The first kappa shape index (κ1) is 47.3. The van der Waals surface area contributed by atoms with E-state index in [1.165, 1.54) is 19.2 Å². The Labute approximate surface area is 350 Å². The van der Waals surface area contributed by atoms with Crippen LogP contribution in [-0.4, -0.2) is 70.3 Å². The Morgan fingerprint density at radius 2 is 1.27 bits per heavy atom. The van der Waals surface area contributed by atoms with Gasteiger partial charge in [0, 0.05) is 30.1 Å². The van der Waals surface area contributed by atoms with Gasteiger partial charge in [0.1, 0.15) is 29.6 Å². The topological polar surface area (TPSA) is 178 Å². The first-order valence-electron chi connectivity index (χ1n) is 15.7. The summed E-state index contributed by atoms with van der Waals surface area (Å²) in [5, 5.41) is 0. The van der Waals surface area contributed by atoms with E-state index in [9.17, 15) is 30.7 Å². The Hall–Kier alpha value is -2.73. The quantitative estimate of drug-likeness (QED) is 0.0423. The second kappa shape index (κ2) is 24.6. The number of hydrogen-bond donors (Lipinski definition) is 0. The van der Waals surface area contributed by atoms with Gasteiger partial charge in [-0.2, -0.15) is 0 Å². The van der Waals surface area contributed by atoms with E-state index in [2.05, 4.69) is 17.8 Å². The van der Waals surface area contributed by atoms with Crippen LogP contribution in [0.3, 0.4) is 0 Å². The van der Waals surface area contributed by atoms with E-state index in [0.29, 0.717) is 59.8 Å². The maximum atomic E-state index is 12.1. The summed E-state index contributed by atoms with van der Waals surface area (Å²) in [6, 6.07) is 17.3. The zero-order chi connectivity index (χ0) is 36.4. The van der Waals surface area contributed by atoms with Crippen molar-refractivity contribution in [1.29, 1.82) is 0 Å². The third-order valence-corrected chi connectivity index (χ3v) is 8.45. The molecule has 3 aromatic carbocycles. The van der Waals surface area contributed by atoms with Gasteiger partial charge < -0.3 is 32.8 Å². The van der Waals surface area contributed by atoms with Gasteiger partial charge in [-0.25, -0.2) is 16.8 Å². The Bertz CT molecular complexity index is 1900. The molecule has 12 nitrogen and oxygen atoms in total. The SMILES string of the molecule is C#Cc1cc(OC)c(C#Cc2cc(OCCCS(=O)(=O)[O-])ccc2OCCCS(=O)(=O)[O-])cc1OCCCCCC(=O)OCc1ccccc1.[Na+].[Na+]. The van der Waals surface area contributed by atoms with Crippen LogP contribution in [0.1, 0.15) is 60.8 Å². The third-order valence-electron chi connectivity index (χ3n) is 6.87. The van der Waals surface area contributed by atoms with Crippen molar-refractivity contribution in [2.75, 3.05) is 38.4 Å². The minimum absolute atomic E-state index is 0. The molecular formula is C36H38Na2O12S2. The van der Waals surface area contributed by atoms with Crippen molar-refractivity contribution in [1.82, 2.24) is 0 Å². The van der Waals surface area contributed by atoms with Crippen LogP contribution in [0.4, 0.5) is 0 Å². The molecule has 0 fully saturated rings. The zero-order valence-electron chi connectivity index (χ0n) is 29.6. The Balaban J connectivity index is 0.00000676. The first-order valence-corrected chi connectivity index (χ1v) is 18.8. The number of unbranched alkanes of at least 4 members (excludes halogenated alkanes) is 2. The fourth-order valence-corrected chi connectivity index (χ4v) is 5.34. The van der Waals surface area contributed by atoms with Crippen molar-refractivity contribution in [2.24, 2.45) is 0 Å². The molecular weight excluding hydrogens is 734 g/mol. The Morgan fingerprint density at radius 1 is 0.692 bits per heavy atom. The van der Waals surface area contributed by atoms with Gasteiger partial charge in [-0.3, -0.25) is 4.79 Å². The third kappa shape index (κ3) is 18.9. The normalized spacial score (nSPS) is 10.7. The van der Waals surface area contributed by atoms with Crippen molar-refractivity contribution in [3.63, 3.8) is 0 Å². The average molecular weight is 773 g/mol. The molecule has 268 valence electrons. The van der Waals surface area contributed by atoms with Crippen LogP contribution in [0.5, 0.6) is 23.0 Å². The summed E-state index contributed by atoms with van der Waals surface area (Å²) in [6.07, 6.45) is 7.98. The van der Waals surface area contributed by atoms with Gasteiger partial charge in [-0.1, -0.05) is 48.1 Å². The first-order chi connectivity index (χ1) is 23.9. The number of terminal acetylenes is 1. The predicted molar refractivity (Wildman–Crippen MR) is 183 cm³/mol. The van der Waals surface area contributed by atoms with Crippen molar-refractivity contribution in [3.8, 4) is 47.2 Å². The van der Waals surface area contributed by atoms with E-state index in [1.807, 2.05) is 30.3 Å². The molecule has 0 bridgehead atoms. The van der Waals surface area contributed by atoms with Crippen LogP contribution in [0.25, 0.3) is 0 Å². The molecule has 0 aliphatic rings. The van der Waals surface area contributed by atoms with E-state index >= 15 is 0 Å². The average Bonchev–Trinajstić information content (AvgIpc) is 3.08. The number of rotatable bonds is 20. The molecule has 0 unspecified atom stereocenters. The number of benzene rings is 3. The Kier molecular flexibility index (Phi) is 22.3. The molecule has 0 atom stereocenters. The van der Waals surface area contributed by atoms with Crippen LogP contribution in [0.2, 0.25) is 0 Å². The smallest absolute Gasteiger partial charge is 0.748 e. The Morgan fingerprint density at radius 3 is 1.88 bits per heavy atom. The molecule has 0 spiro atoms. The van der Waals surface area contributed by atoms with Crippen LogP contribution in [0.15, 0.2) is 60.7 Å². The fourth-order valence-electron chi connectivity index (χ4n) is 4.40. The number of ether oxygens (including phenoxy) is 5. The van der Waals surface area contributed by atoms with Crippen molar-refractivity contribution in [3.05, 3.63) is 82.9 Å². The summed E-state index contributed by atoms with van der Waals surface area (Å²) in [5.41, 5.74) is 2.13. The second-order valence-electron chi connectivity index (χ2n) is 10.8. The minimum Gasteiger partial charge on any atom is -0.748 e. The van der Waals surface area contributed by atoms with Gasteiger partial charge in [0.05, 0.1) is 63.9 Å². The van der Waals surface area contributed by atoms with E-state index in [0.717, 1.165) is 12.0 Å². The van der Waals surface area contributed by atoms with E-state index in [4.69, 9.17) is 30.1 Å². The largest absolute Gasteiger partial charge is 1.00 e. The molecule has 52 heavy (non-hydrogen) atoms. The molecule has 0 aliphatic heterocycles. The van der Waals surface area contributed by atoms with Crippen molar-refractivity contribution in [2.45, 2.75) is 45.1 Å². The molecule has 0 amide bonds. The van der Waals surface area contributed by atoms with Gasteiger partial charge in [0.2, 0.25) is 0 Å². The van der Waals surface area contributed by atoms with Crippen LogP contribution < -0.4 is 78.1 Å². The summed E-state index contributed by atoms with van der Waals surface area (Å²) in [5.74, 6) is 8.51. The van der Waals surface area contributed by atoms with E-state index in [-0.39, 0.29) is 103 Å². The molecule has 3 aromatic rings. The van der Waals surface area contributed by atoms with Crippen molar-refractivity contribution >= 4 is 26.2 Å². The molecule has 16 heteroatoms. The summed E-state index contributed by atoms with van der Waals surface area (Å²) in [4.78, 5) is 12.1. The van der Waals surface area contributed by atoms with Crippen LogP contribution >= 0.6 is 0 Å². The van der Waals surface area contributed by atoms with Crippen LogP contribution in [0, 0.1) is 24.2 Å². The number of methoxy groups -OCH3 is 1. The molecule has 0 saturated heterocycles. The zero-order valence-corrected chi connectivity index (χ0v) is 35.2. The van der Waals surface area contributed by atoms with Gasteiger partial charge in [-0.05, 0) is 55.9 Å².